The number of hydrogen-bond donors (Lipinski definition) is 1. The molecular formula is C25H28N4O2. The zero-order chi connectivity index (χ0) is 21.9. The minimum atomic E-state index is -0.0506. The van der Waals surface area contributed by atoms with Gasteiger partial charge < -0.3 is 14.8 Å². The maximum Gasteiger partial charge on any atom is 0.254 e. The second-order valence-corrected chi connectivity index (χ2v) is 9.43. The van der Waals surface area contributed by atoms with Crippen LogP contribution in [-0.2, 0) is 11.8 Å². The first-order valence-electron chi connectivity index (χ1n) is 10.9. The lowest BCUT2D eigenvalue weighted by Crippen LogP contribution is -2.59. The standard InChI is InChI=1S/C25H28N4O2/c1-15-22-13-16-5-6-17(23(30)28(3)4)11-19(16)25(15,2)9-10-29(22)24(31)18-7-8-20-21(12-18)27-14-26-20/h5-8,11-12,14-15,22H,9-10,13H2,1-4H3,(H,26,27)/t15?,22-,25-/m1/s1. The van der Waals surface area contributed by atoms with Gasteiger partial charge in [-0.05, 0) is 65.6 Å². The largest absolute Gasteiger partial charge is 0.345 e. The van der Waals surface area contributed by atoms with Crippen molar-refractivity contribution in [1.82, 2.24) is 19.8 Å². The normalized spacial score (nSPS) is 24.7. The number of nitrogens with one attached hydrogen (secondary N) is 1. The summed E-state index contributed by atoms with van der Waals surface area (Å²) in [4.78, 5) is 37.0. The minimum Gasteiger partial charge on any atom is -0.345 e. The number of carbonyl (C=O) groups is 2. The molecule has 160 valence electrons. The Bertz CT molecular complexity index is 1200. The van der Waals surface area contributed by atoms with Crippen molar-refractivity contribution in [3.63, 3.8) is 0 Å². The van der Waals surface area contributed by atoms with Crippen LogP contribution in [0.3, 0.4) is 0 Å². The molecule has 2 aliphatic rings. The van der Waals surface area contributed by atoms with Gasteiger partial charge in [-0.2, -0.15) is 0 Å². The van der Waals surface area contributed by atoms with E-state index in [1.54, 1.807) is 25.3 Å². The number of fused-ring (bicyclic) bond motifs is 5. The Morgan fingerprint density at radius 1 is 1.16 bits per heavy atom. The number of carbonyl (C=O) groups excluding carboxylic acids is 2. The smallest absolute Gasteiger partial charge is 0.254 e. The van der Waals surface area contributed by atoms with Crippen molar-refractivity contribution < 1.29 is 9.59 Å². The lowest BCUT2D eigenvalue weighted by molar-refractivity contribution is 0.0250. The fraction of sp³-hybridized carbons (Fsp3) is 0.400. The molecule has 3 atom stereocenters. The van der Waals surface area contributed by atoms with Crippen LogP contribution in [0.1, 0.15) is 52.1 Å². The van der Waals surface area contributed by atoms with Crippen molar-refractivity contribution in [1.29, 1.82) is 0 Å². The zero-order valence-corrected chi connectivity index (χ0v) is 18.5. The second kappa shape index (κ2) is 6.94. The van der Waals surface area contributed by atoms with Gasteiger partial charge in [-0.1, -0.05) is 19.9 Å². The van der Waals surface area contributed by atoms with Crippen molar-refractivity contribution >= 4 is 22.8 Å². The van der Waals surface area contributed by atoms with Gasteiger partial charge in [-0.3, -0.25) is 9.59 Å². The molecule has 1 unspecified atom stereocenters. The third-order valence-electron chi connectivity index (χ3n) is 7.59. The van der Waals surface area contributed by atoms with Crippen LogP contribution in [0.5, 0.6) is 0 Å². The molecule has 1 N–H and O–H groups in total. The molecular weight excluding hydrogens is 388 g/mol. The van der Waals surface area contributed by atoms with Crippen LogP contribution in [-0.4, -0.2) is 58.3 Å². The number of piperidine rings is 1. The fourth-order valence-electron chi connectivity index (χ4n) is 5.50. The van der Waals surface area contributed by atoms with Crippen molar-refractivity contribution in [2.75, 3.05) is 20.6 Å². The SMILES string of the molecule is CC1[C@H]2Cc3ccc(C(=O)N(C)C)cc3[C@]1(C)CCN2C(=O)c1ccc2nc[nH]c2c1. The van der Waals surface area contributed by atoms with E-state index in [-0.39, 0.29) is 23.3 Å². The molecule has 1 aromatic heterocycles. The van der Waals surface area contributed by atoms with Crippen LogP contribution < -0.4 is 0 Å². The third-order valence-corrected chi connectivity index (χ3v) is 7.59. The van der Waals surface area contributed by atoms with Crippen LogP contribution in [0.25, 0.3) is 11.0 Å². The predicted molar refractivity (Wildman–Crippen MR) is 120 cm³/mol. The van der Waals surface area contributed by atoms with E-state index >= 15 is 0 Å². The molecule has 2 aromatic carbocycles. The lowest BCUT2D eigenvalue weighted by Gasteiger charge is -2.54. The highest BCUT2D eigenvalue weighted by Gasteiger charge is 2.49. The van der Waals surface area contributed by atoms with Crippen molar-refractivity contribution in [2.45, 2.75) is 38.1 Å². The zero-order valence-electron chi connectivity index (χ0n) is 18.5. The molecule has 6 heteroatoms. The van der Waals surface area contributed by atoms with Crippen LogP contribution in [0, 0.1) is 5.92 Å². The number of aromatic amines is 1. The Hall–Kier alpha value is -3.15. The molecule has 6 nitrogen and oxygen atoms in total. The third kappa shape index (κ3) is 2.96. The average molecular weight is 417 g/mol. The highest BCUT2D eigenvalue weighted by atomic mass is 16.2. The molecule has 0 radical (unpaired) electrons. The van der Waals surface area contributed by atoms with Gasteiger partial charge >= 0.3 is 0 Å². The molecule has 1 fully saturated rings. The summed E-state index contributed by atoms with van der Waals surface area (Å²) < 4.78 is 0. The summed E-state index contributed by atoms with van der Waals surface area (Å²) in [5.74, 6) is 0.416. The Balaban J connectivity index is 1.49. The van der Waals surface area contributed by atoms with Gasteiger partial charge in [0.2, 0.25) is 0 Å². The Morgan fingerprint density at radius 2 is 1.94 bits per heavy atom. The molecule has 2 amide bonds. The van der Waals surface area contributed by atoms with E-state index in [9.17, 15) is 9.59 Å². The Morgan fingerprint density at radius 3 is 2.71 bits per heavy atom. The maximum atomic E-state index is 13.5. The molecule has 2 heterocycles. The molecule has 2 bridgehead atoms. The first-order chi connectivity index (χ1) is 14.8. The van der Waals surface area contributed by atoms with Gasteiger partial charge in [0.05, 0.1) is 17.4 Å². The predicted octanol–water partition coefficient (Wildman–Crippen LogP) is 3.63. The number of hydrogen-bond acceptors (Lipinski definition) is 3. The van der Waals surface area contributed by atoms with E-state index in [1.807, 2.05) is 24.3 Å². The summed E-state index contributed by atoms with van der Waals surface area (Å²) >= 11 is 0. The molecule has 5 rings (SSSR count). The van der Waals surface area contributed by atoms with Crippen molar-refractivity contribution in [2.24, 2.45) is 5.92 Å². The first-order valence-corrected chi connectivity index (χ1v) is 10.9. The van der Waals surface area contributed by atoms with Crippen LogP contribution >= 0.6 is 0 Å². The van der Waals surface area contributed by atoms with Crippen LogP contribution in [0.15, 0.2) is 42.7 Å². The van der Waals surface area contributed by atoms with Crippen molar-refractivity contribution in [3.05, 3.63) is 65.0 Å². The summed E-state index contributed by atoms with van der Waals surface area (Å²) in [5, 5.41) is 0. The number of nitrogens with zero attached hydrogens (tertiary/aromatic N) is 3. The average Bonchev–Trinajstić information content (AvgIpc) is 3.23. The van der Waals surface area contributed by atoms with Gasteiger partial charge in [0.1, 0.15) is 0 Å². The Labute approximate surface area is 182 Å². The lowest BCUT2D eigenvalue weighted by atomic mass is 9.58. The molecule has 31 heavy (non-hydrogen) atoms. The van der Waals surface area contributed by atoms with E-state index in [2.05, 4.69) is 40.8 Å². The maximum absolute atomic E-state index is 13.5. The van der Waals surface area contributed by atoms with Crippen LogP contribution in [0.4, 0.5) is 0 Å². The number of imidazole rings is 1. The molecule has 1 aliphatic heterocycles. The first kappa shape index (κ1) is 19.8. The van der Waals surface area contributed by atoms with E-state index in [4.69, 9.17) is 0 Å². The summed E-state index contributed by atoms with van der Waals surface area (Å²) in [5.41, 5.74) is 5.66. The molecule has 1 saturated heterocycles. The monoisotopic (exact) mass is 416 g/mol. The van der Waals surface area contributed by atoms with E-state index in [0.29, 0.717) is 11.5 Å². The molecule has 3 aromatic rings. The quantitative estimate of drug-likeness (QED) is 0.694. The number of rotatable bonds is 2. The summed E-state index contributed by atoms with van der Waals surface area (Å²) in [6.07, 6.45) is 3.36. The molecule has 1 aliphatic carbocycles. The fourth-order valence-corrected chi connectivity index (χ4v) is 5.50. The van der Waals surface area contributed by atoms with Gasteiger partial charge in [-0.15, -0.1) is 0 Å². The molecule has 0 saturated carbocycles. The van der Waals surface area contributed by atoms with E-state index < -0.39 is 0 Å². The Kier molecular flexibility index (Phi) is 4.43. The number of amides is 2. The molecule has 0 spiro atoms. The highest BCUT2D eigenvalue weighted by molar-refractivity contribution is 5.98. The number of aromatic nitrogens is 2. The number of likely N-dealkylation sites (tertiary alicyclic amines) is 1. The van der Waals surface area contributed by atoms with Crippen LogP contribution in [0.2, 0.25) is 0 Å². The van der Waals surface area contributed by atoms with Gasteiger partial charge in [0, 0.05) is 37.8 Å². The topological polar surface area (TPSA) is 69.3 Å². The second-order valence-electron chi connectivity index (χ2n) is 9.43. The van der Waals surface area contributed by atoms with Gasteiger partial charge in [-0.25, -0.2) is 4.98 Å². The van der Waals surface area contributed by atoms with Gasteiger partial charge in [0.25, 0.3) is 11.8 Å². The summed E-state index contributed by atoms with van der Waals surface area (Å²) in [6.45, 7) is 5.27. The van der Waals surface area contributed by atoms with E-state index in [1.165, 1.54) is 11.1 Å². The van der Waals surface area contributed by atoms with E-state index in [0.717, 1.165) is 36.0 Å². The number of benzene rings is 2. The summed E-state index contributed by atoms with van der Waals surface area (Å²) in [7, 11) is 3.57. The summed E-state index contributed by atoms with van der Waals surface area (Å²) in [6, 6.07) is 11.9. The minimum absolute atomic E-state index is 0.0305. The van der Waals surface area contributed by atoms with Gasteiger partial charge in [0.15, 0.2) is 0 Å². The highest BCUT2D eigenvalue weighted by Crippen LogP contribution is 2.49. The van der Waals surface area contributed by atoms with Crippen molar-refractivity contribution in [3.8, 4) is 0 Å². The number of H-pyrrole nitrogens is 1.